The largest absolute Gasteiger partial charge is 0.416 e. The van der Waals surface area contributed by atoms with Gasteiger partial charge in [0.2, 0.25) is 5.95 Å². The van der Waals surface area contributed by atoms with E-state index in [2.05, 4.69) is 25.6 Å². The van der Waals surface area contributed by atoms with Crippen LogP contribution in [0.2, 0.25) is 0 Å². The fraction of sp³-hybridized carbons (Fsp3) is 0.348. The quantitative estimate of drug-likeness (QED) is 0.496. The molecule has 0 amide bonds. The molecule has 0 spiro atoms. The highest BCUT2D eigenvalue weighted by atomic mass is 19.4. The number of hydrogen-bond donors (Lipinski definition) is 2. The second-order valence-electron chi connectivity index (χ2n) is 7.76. The molecule has 31 heavy (non-hydrogen) atoms. The summed E-state index contributed by atoms with van der Waals surface area (Å²) in [6.07, 6.45) is 2.91. The first-order valence-corrected chi connectivity index (χ1v) is 10.4. The van der Waals surface area contributed by atoms with Gasteiger partial charge in [0, 0.05) is 24.0 Å². The molecule has 0 bridgehead atoms. The van der Waals surface area contributed by atoms with E-state index in [1.807, 2.05) is 18.2 Å². The smallest absolute Gasteiger partial charge is 0.351 e. The number of alkyl halides is 3. The van der Waals surface area contributed by atoms with Gasteiger partial charge in [-0.1, -0.05) is 31.4 Å². The normalized spacial score (nSPS) is 15.0. The lowest BCUT2D eigenvalue weighted by atomic mass is 9.96. The summed E-state index contributed by atoms with van der Waals surface area (Å²) in [6.45, 7) is 1.45. The fourth-order valence-corrected chi connectivity index (χ4v) is 3.87. The molecular weight excluding hydrogens is 403 g/mol. The zero-order chi connectivity index (χ0) is 21.8. The maximum atomic E-state index is 13.3. The van der Waals surface area contributed by atoms with Crippen molar-refractivity contribution in [1.29, 1.82) is 0 Å². The van der Waals surface area contributed by atoms with Crippen molar-refractivity contribution in [1.82, 2.24) is 15.0 Å². The molecule has 0 aliphatic heterocycles. The zero-order valence-corrected chi connectivity index (χ0v) is 17.2. The Balaban J connectivity index is 1.69. The van der Waals surface area contributed by atoms with Crippen molar-refractivity contribution in [2.75, 3.05) is 10.6 Å². The summed E-state index contributed by atoms with van der Waals surface area (Å²) in [7, 11) is 0. The van der Waals surface area contributed by atoms with E-state index in [4.69, 9.17) is 0 Å². The first-order chi connectivity index (χ1) is 14.9. The van der Waals surface area contributed by atoms with Gasteiger partial charge in [0.15, 0.2) is 0 Å². The van der Waals surface area contributed by atoms with Crippen LogP contribution in [-0.2, 0) is 6.18 Å². The number of hydrogen-bond acceptors (Lipinski definition) is 5. The number of anilines is 3. The van der Waals surface area contributed by atoms with Crippen molar-refractivity contribution in [3.63, 3.8) is 0 Å². The summed E-state index contributed by atoms with van der Waals surface area (Å²) in [4.78, 5) is 13.5. The maximum Gasteiger partial charge on any atom is 0.416 e. The lowest BCUT2D eigenvalue weighted by Gasteiger charge is -2.23. The molecule has 8 heteroatoms. The van der Waals surface area contributed by atoms with Crippen LogP contribution in [0.1, 0.15) is 43.2 Å². The van der Waals surface area contributed by atoms with E-state index in [0.717, 1.165) is 31.7 Å². The number of nitrogens with one attached hydrogen (secondary N) is 2. The molecule has 3 aromatic rings. The van der Waals surface area contributed by atoms with Crippen molar-refractivity contribution in [2.45, 2.75) is 51.2 Å². The number of halogens is 3. The number of nitrogens with zero attached hydrogens (tertiary/aromatic N) is 3. The summed E-state index contributed by atoms with van der Waals surface area (Å²) in [5.41, 5.74) is 1.07. The molecule has 1 saturated carbocycles. The molecule has 2 heterocycles. The summed E-state index contributed by atoms with van der Waals surface area (Å²) >= 11 is 0. The third kappa shape index (κ3) is 5.13. The maximum absolute atomic E-state index is 13.3. The van der Waals surface area contributed by atoms with E-state index in [1.165, 1.54) is 19.4 Å². The molecule has 1 aliphatic carbocycles. The van der Waals surface area contributed by atoms with E-state index in [-0.39, 0.29) is 11.6 Å². The van der Waals surface area contributed by atoms with Gasteiger partial charge in [-0.2, -0.15) is 18.2 Å². The second-order valence-corrected chi connectivity index (χ2v) is 7.76. The van der Waals surface area contributed by atoms with Crippen LogP contribution in [0.15, 0.2) is 48.7 Å². The Kier molecular flexibility index (Phi) is 6.06. The molecule has 2 N–H and O–H groups in total. The fourth-order valence-electron chi connectivity index (χ4n) is 3.87. The Hall–Kier alpha value is -3.16. The average molecular weight is 427 g/mol. The highest BCUT2D eigenvalue weighted by Crippen LogP contribution is 2.35. The van der Waals surface area contributed by atoms with Gasteiger partial charge in [0.05, 0.1) is 17.0 Å². The minimum absolute atomic E-state index is 0.120. The Labute approximate surface area is 179 Å². The standard InChI is InChI=1S/C23H24F3N5/c1-15-17(23(24,25)26)10-7-12-18(15)29-21-14-20(19-11-5-6-13-27-19)30-22(31-21)28-16-8-3-2-4-9-16/h5-7,10-14,16H,2-4,8-9H2,1H3,(H2,28,29,30,31). The van der Waals surface area contributed by atoms with Crippen molar-refractivity contribution in [3.05, 3.63) is 59.8 Å². The van der Waals surface area contributed by atoms with Gasteiger partial charge < -0.3 is 10.6 Å². The van der Waals surface area contributed by atoms with Gasteiger partial charge >= 0.3 is 6.18 Å². The molecule has 0 saturated heterocycles. The number of pyridine rings is 1. The Bertz CT molecular complexity index is 1030. The summed E-state index contributed by atoms with van der Waals surface area (Å²) in [5.74, 6) is 0.860. The van der Waals surface area contributed by atoms with Crippen molar-refractivity contribution >= 4 is 17.5 Å². The molecule has 0 radical (unpaired) electrons. The van der Waals surface area contributed by atoms with Crippen molar-refractivity contribution in [3.8, 4) is 11.4 Å². The van der Waals surface area contributed by atoms with Crippen LogP contribution in [0.4, 0.5) is 30.6 Å². The third-order valence-electron chi connectivity index (χ3n) is 5.49. The molecule has 162 valence electrons. The van der Waals surface area contributed by atoms with Crippen LogP contribution >= 0.6 is 0 Å². The monoisotopic (exact) mass is 427 g/mol. The molecule has 0 atom stereocenters. The summed E-state index contributed by atoms with van der Waals surface area (Å²) in [6, 6.07) is 11.6. The lowest BCUT2D eigenvalue weighted by Crippen LogP contribution is -2.23. The first kappa shape index (κ1) is 21.1. The highest BCUT2D eigenvalue weighted by Gasteiger charge is 2.33. The van der Waals surface area contributed by atoms with Gasteiger partial charge in [0.1, 0.15) is 5.82 Å². The SMILES string of the molecule is Cc1c(Nc2cc(-c3ccccn3)nc(NC3CCCCC3)n2)cccc1C(F)(F)F. The molecule has 1 aliphatic rings. The van der Waals surface area contributed by atoms with Crippen molar-refractivity contribution in [2.24, 2.45) is 0 Å². The van der Waals surface area contributed by atoms with E-state index < -0.39 is 11.7 Å². The van der Waals surface area contributed by atoms with Gasteiger partial charge in [0.25, 0.3) is 0 Å². The molecule has 0 unspecified atom stereocenters. The third-order valence-corrected chi connectivity index (χ3v) is 5.49. The van der Waals surface area contributed by atoms with Crippen LogP contribution < -0.4 is 10.6 Å². The summed E-state index contributed by atoms with van der Waals surface area (Å²) in [5, 5.41) is 6.45. The number of aromatic nitrogens is 3. The van der Waals surface area contributed by atoms with Crippen LogP contribution in [0.5, 0.6) is 0 Å². The van der Waals surface area contributed by atoms with Crippen LogP contribution in [0.3, 0.4) is 0 Å². The Morgan fingerprint density at radius 3 is 2.45 bits per heavy atom. The minimum Gasteiger partial charge on any atom is -0.351 e. The minimum atomic E-state index is -4.42. The Morgan fingerprint density at radius 1 is 0.935 bits per heavy atom. The van der Waals surface area contributed by atoms with Gasteiger partial charge in [-0.05, 0) is 49.6 Å². The number of rotatable bonds is 5. The number of benzene rings is 1. The molecule has 4 rings (SSSR count). The summed E-state index contributed by atoms with van der Waals surface area (Å²) < 4.78 is 39.9. The predicted molar refractivity (Wildman–Crippen MR) is 115 cm³/mol. The molecular formula is C23H24F3N5. The van der Waals surface area contributed by atoms with E-state index >= 15 is 0 Å². The topological polar surface area (TPSA) is 62.7 Å². The van der Waals surface area contributed by atoms with Gasteiger partial charge in [-0.3, -0.25) is 4.98 Å². The first-order valence-electron chi connectivity index (χ1n) is 10.4. The van der Waals surface area contributed by atoms with Crippen molar-refractivity contribution < 1.29 is 13.2 Å². The zero-order valence-electron chi connectivity index (χ0n) is 17.2. The molecule has 1 fully saturated rings. The molecule has 2 aromatic heterocycles. The predicted octanol–water partition coefficient (Wildman–Crippen LogP) is 6.35. The molecule has 5 nitrogen and oxygen atoms in total. The average Bonchev–Trinajstić information content (AvgIpc) is 2.75. The van der Waals surface area contributed by atoms with Crippen LogP contribution in [-0.4, -0.2) is 21.0 Å². The van der Waals surface area contributed by atoms with Crippen LogP contribution in [0.25, 0.3) is 11.4 Å². The highest BCUT2D eigenvalue weighted by molar-refractivity contribution is 5.67. The van der Waals surface area contributed by atoms with E-state index in [0.29, 0.717) is 28.8 Å². The van der Waals surface area contributed by atoms with Gasteiger partial charge in [-0.25, -0.2) is 4.98 Å². The van der Waals surface area contributed by atoms with E-state index in [1.54, 1.807) is 18.3 Å². The molecule has 1 aromatic carbocycles. The van der Waals surface area contributed by atoms with Crippen LogP contribution in [0, 0.1) is 6.92 Å². The lowest BCUT2D eigenvalue weighted by molar-refractivity contribution is -0.138. The van der Waals surface area contributed by atoms with E-state index in [9.17, 15) is 13.2 Å². The van der Waals surface area contributed by atoms with Gasteiger partial charge in [-0.15, -0.1) is 0 Å². The second kappa shape index (κ2) is 8.91. The Morgan fingerprint density at radius 2 is 1.74 bits per heavy atom.